The lowest BCUT2D eigenvalue weighted by Crippen LogP contribution is -1.99. The summed E-state index contributed by atoms with van der Waals surface area (Å²) < 4.78 is 0. The summed E-state index contributed by atoms with van der Waals surface area (Å²) in [6.45, 7) is 0. The zero-order valence-corrected chi connectivity index (χ0v) is 7.10. The number of nitrogens with two attached hydrogens (primary N) is 1. The summed E-state index contributed by atoms with van der Waals surface area (Å²) in [6.07, 6.45) is 4.63. The van der Waals surface area contributed by atoms with Crippen LogP contribution in [0.15, 0.2) is 18.6 Å². The highest BCUT2D eigenvalue weighted by Crippen LogP contribution is 2.12. The summed E-state index contributed by atoms with van der Waals surface area (Å²) in [4.78, 5) is 14.7. The lowest BCUT2D eigenvalue weighted by molar-refractivity contribution is 1.12. The van der Waals surface area contributed by atoms with E-state index in [4.69, 9.17) is 11.0 Å². The Balaban J connectivity index is 2.49. The first kappa shape index (κ1) is 8.19. The SMILES string of the molecule is N#Cc1cnc(-c2ncc[nH]2)nc1N. The van der Waals surface area contributed by atoms with Gasteiger partial charge in [0.15, 0.2) is 11.6 Å². The van der Waals surface area contributed by atoms with E-state index in [0.29, 0.717) is 11.6 Å². The number of nitrogens with zero attached hydrogens (tertiary/aromatic N) is 4. The molecule has 0 bridgehead atoms. The van der Waals surface area contributed by atoms with Gasteiger partial charge in [-0.25, -0.2) is 15.0 Å². The van der Waals surface area contributed by atoms with Gasteiger partial charge in [-0.2, -0.15) is 5.26 Å². The predicted octanol–water partition coefficient (Wildman–Crippen LogP) is 0.321. The third kappa shape index (κ3) is 1.27. The van der Waals surface area contributed by atoms with E-state index in [9.17, 15) is 0 Å². The number of rotatable bonds is 1. The fraction of sp³-hybridized carbons (Fsp3) is 0. The van der Waals surface area contributed by atoms with Crippen molar-refractivity contribution in [3.63, 3.8) is 0 Å². The molecule has 2 aromatic rings. The van der Waals surface area contributed by atoms with Crippen molar-refractivity contribution < 1.29 is 0 Å². The molecule has 0 saturated heterocycles. The summed E-state index contributed by atoms with van der Waals surface area (Å²) in [5.41, 5.74) is 5.79. The topological polar surface area (TPSA) is 104 Å². The Bertz CT molecular complexity index is 481. The molecular formula is C8H6N6. The van der Waals surface area contributed by atoms with E-state index in [1.54, 1.807) is 12.4 Å². The van der Waals surface area contributed by atoms with Crippen LogP contribution >= 0.6 is 0 Å². The third-order valence-corrected chi connectivity index (χ3v) is 1.65. The monoisotopic (exact) mass is 186 g/mol. The number of hydrogen-bond acceptors (Lipinski definition) is 5. The van der Waals surface area contributed by atoms with Gasteiger partial charge in [-0.3, -0.25) is 0 Å². The van der Waals surface area contributed by atoms with Gasteiger partial charge in [-0.05, 0) is 0 Å². The highest BCUT2D eigenvalue weighted by Gasteiger charge is 2.06. The molecule has 0 atom stereocenters. The highest BCUT2D eigenvalue weighted by atomic mass is 15.0. The summed E-state index contributed by atoms with van der Waals surface area (Å²) in [6, 6.07) is 1.89. The van der Waals surface area contributed by atoms with Crippen molar-refractivity contribution in [3.8, 4) is 17.7 Å². The molecule has 2 heterocycles. The van der Waals surface area contributed by atoms with Gasteiger partial charge in [0, 0.05) is 12.4 Å². The average Bonchev–Trinajstić information content (AvgIpc) is 2.70. The van der Waals surface area contributed by atoms with E-state index in [1.807, 2.05) is 6.07 Å². The molecular weight excluding hydrogens is 180 g/mol. The Kier molecular flexibility index (Phi) is 1.84. The molecule has 0 amide bonds. The van der Waals surface area contributed by atoms with Crippen LogP contribution in [-0.2, 0) is 0 Å². The first-order chi connectivity index (χ1) is 6.81. The molecule has 0 aliphatic rings. The molecule has 6 nitrogen and oxygen atoms in total. The van der Waals surface area contributed by atoms with Crippen molar-refractivity contribution in [1.29, 1.82) is 5.26 Å². The van der Waals surface area contributed by atoms with E-state index < -0.39 is 0 Å². The normalized spacial score (nSPS) is 9.64. The molecule has 0 unspecified atom stereocenters. The van der Waals surface area contributed by atoms with Crippen LogP contribution in [0.25, 0.3) is 11.6 Å². The second kappa shape index (κ2) is 3.14. The lowest BCUT2D eigenvalue weighted by Gasteiger charge is -1.98. The van der Waals surface area contributed by atoms with Crippen LogP contribution in [0, 0.1) is 11.3 Å². The molecule has 0 fully saturated rings. The molecule has 0 radical (unpaired) electrons. The maximum Gasteiger partial charge on any atom is 0.197 e. The fourth-order valence-electron chi connectivity index (χ4n) is 0.983. The number of nitrogen functional groups attached to an aromatic ring is 1. The van der Waals surface area contributed by atoms with Crippen LogP contribution in [0.1, 0.15) is 5.56 Å². The predicted molar refractivity (Wildman–Crippen MR) is 48.7 cm³/mol. The van der Waals surface area contributed by atoms with Gasteiger partial charge in [0.25, 0.3) is 0 Å². The van der Waals surface area contributed by atoms with E-state index in [-0.39, 0.29) is 11.4 Å². The number of anilines is 1. The average molecular weight is 186 g/mol. The highest BCUT2D eigenvalue weighted by molar-refractivity contribution is 5.53. The zero-order valence-electron chi connectivity index (χ0n) is 7.10. The molecule has 0 aliphatic heterocycles. The maximum atomic E-state index is 8.61. The standard InChI is InChI=1S/C8H6N6/c9-3-5-4-13-8(14-6(5)10)7-11-1-2-12-7/h1-2,4H,(H,11,12)(H2,10,13,14). The minimum atomic E-state index is 0.161. The molecule has 0 saturated carbocycles. The second-order valence-electron chi connectivity index (χ2n) is 2.54. The maximum absolute atomic E-state index is 8.61. The van der Waals surface area contributed by atoms with Crippen LogP contribution < -0.4 is 5.73 Å². The van der Waals surface area contributed by atoms with Crippen molar-refractivity contribution in [3.05, 3.63) is 24.2 Å². The number of H-pyrrole nitrogens is 1. The van der Waals surface area contributed by atoms with Crippen LogP contribution in [0.4, 0.5) is 5.82 Å². The van der Waals surface area contributed by atoms with E-state index in [0.717, 1.165) is 0 Å². The zero-order chi connectivity index (χ0) is 9.97. The number of aromatic amines is 1. The first-order valence-corrected chi connectivity index (χ1v) is 3.83. The second-order valence-corrected chi connectivity index (χ2v) is 2.54. The summed E-state index contributed by atoms with van der Waals surface area (Å²) in [5, 5.41) is 8.61. The smallest absolute Gasteiger partial charge is 0.197 e. The van der Waals surface area contributed by atoms with Crippen LogP contribution in [0.2, 0.25) is 0 Å². The number of imidazole rings is 1. The van der Waals surface area contributed by atoms with Gasteiger partial charge >= 0.3 is 0 Å². The fourth-order valence-corrected chi connectivity index (χ4v) is 0.983. The van der Waals surface area contributed by atoms with Crippen molar-refractivity contribution in [1.82, 2.24) is 19.9 Å². The van der Waals surface area contributed by atoms with Crippen LogP contribution in [0.3, 0.4) is 0 Å². The Labute approximate surface area is 79.5 Å². The summed E-state index contributed by atoms with van der Waals surface area (Å²) >= 11 is 0. The van der Waals surface area contributed by atoms with Gasteiger partial charge in [0.2, 0.25) is 0 Å². The molecule has 6 heteroatoms. The molecule has 2 aromatic heterocycles. The third-order valence-electron chi connectivity index (χ3n) is 1.65. The van der Waals surface area contributed by atoms with E-state index in [1.165, 1.54) is 6.20 Å². The summed E-state index contributed by atoms with van der Waals surface area (Å²) in [7, 11) is 0. The molecule has 0 spiro atoms. The lowest BCUT2D eigenvalue weighted by atomic mass is 10.3. The molecule has 0 aliphatic carbocycles. The minimum Gasteiger partial charge on any atom is -0.382 e. The van der Waals surface area contributed by atoms with Gasteiger partial charge in [-0.15, -0.1) is 0 Å². The van der Waals surface area contributed by atoms with Crippen molar-refractivity contribution in [2.75, 3.05) is 5.73 Å². The molecule has 3 N–H and O–H groups in total. The van der Waals surface area contributed by atoms with Gasteiger partial charge in [0.1, 0.15) is 17.5 Å². The van der Waals surface area contributed by atoms with Crippen molar-refractivity contribution >= 4 is 5.82 Å². The van der Waals surface area contributed by atoms with E-state index >= 15 is 0 Å². The number of nitriles is 1. The number of aromatic nitrogens is 4. The van der Waals surface area contributed by atoms with Crippen LogP contribution in [-0.4, -0.2) is 19.9 Å². The Morgan fingerprint density at radius 3 is 2.86 bits per heavy atom. The summed E-state index contributed by atoms with van der Waals surface area (Å²) in [5.74, 6) is 1.07. The number of nitrogens with one attached hydrogen (secondary N) is 1. The Morgan fingerprint density at radius 2 is 2.29 bits per heavy atom. The largest absolute Gasteiger partial charge is 0.382 e. The quantitative estimate of drug-likeness (QED) is 0.667. The van der Waals surface area contributed by atoms with Gasteiger partial charge < -0.3 is 10.7 Å². The Hall–Kier alpha value is -2.42. The van der Waals surface area contributed by atoms with Gasteiger partial charge in [0.05, 0.1) is 6.20 Å². The van der Waals surface area contributed by atoms with Gasteiger partial charge in [-0.1, -0.05) is 0 Å². The minimum absolute atomic E-state index is 0.161. The van der Waals surface area contributed by atoms with Crippen molar-refractivity contribution in [2.45, 2.75) is 0 Å². The van der Waals surface area contributed by atoms with Crippen molar-refractivity contribution in [2.24, 2.45) is 0 Å². The first-order valence-electron chi connectivity index (χ1n) is 3.83. The molecule has 68 valence electrons. The molecule has 0 aromatic carbocycles. The molecule has 2 rings (SSSR count). The number of hydrogen-bond donors (Lipinski definition) is 2. The molecule has 14 heavy (non-hydrogen) atoms. The van der Waals surface area contributed by atoms with Crippen LogP contribution in [0.5, 0.6) is 0 Å². The Morgan fingerprint density at radius 1 is 1.43 bits per heavy atom. The van der Waals surface area contributed by atoms with E-state index in [2.05, 4.69) is 19.9 Å².